The maximum absolute atomic E-state index is 12.4. The number of ether oxygens (including phenoxy) is 2. The van der Waals surface area contributed by atoms with Crippen LogP contribution in [0.2, 0.25) is 0 Å². The van der Waals surface area contributed by atoms with Crippen molar-refractivity contribution >= 4 is 39.2 Å². The highest BCUT2D eigenvalue weighted by Crippen LogP contribution is 2.33. The quantitative estimate of drug-likeness (QED) is 0.262. The summed E-state index contributed by atoms with van der Waals surface area (Å²) >= 11 is 1.29. The van der Waals surface area contributed by atoms with Gasteiger partial charge in [0.05, 0.1) is 35.9 Å². The molecule has 3 rings (SSSR count). The van der Waals surface area contributed by atoms with Crippen LogP contribution >= 0.6 is 11.3 Å². The molecule has 0 fully saturated rings. The maximum Gasteiger partial charge on any atom is 0.272 e. The lowest BCUT2D eigenvalue weighted by Gasteiger charge is -2.08. The molecule has 0 spiro atoms. The second kappa shape index (κ2) is 9.07. The number of nitrogens with zero attached hydrogens (tertiary/aromatic N) is 3. The molecule has 0 atom stereocenters. The molecule has 1 aromatic heterocycles. The Morgan fingerprint density at radius 1 is 1.30 bits per heavy atom. The van der Waals surface area contributed by atoms with E-state index in [1.807, 2.05) is 0 Å². The minimum absolute atomic E-state index is 0.0548. The molecule has 9 heteroatoms. The van der Waals surface area contributed by atoms with Crippen LogP contribution in [-0.4, -0.2) is 29.6 Å². The number of rotatable bonds is 6. The van der Waals surface area contributed by atoms with Gasteiger partial charge in [-0.1, -0.05) is 29.4 Å². The second-order valence-corrected chi connectivity index (χ2v) is 6.99. The molecule has 0 saturated heterocycles. The van der Waals surface area contributed by atoms with E-state index in [-0.39, 0.29) is 12.2 Å². The van der Waals surface area contributed by atoms with E-state index in [1.165, 1.54) is 42.7 Å². The molecular formula is C21H17N3O5S. The third-order valence-corrected chi connectivity index (χ3v) is 5.18. The number of aromatic nitrogens is 1. The predicted molar refractivity (Wildman–Crippen MR) is 114 cm³/mol. The van der Waals surface area contributed by atoms with Gasteiger partial charge < -0.3 is 14.0 Å². The number of methoxy groups -OCH3 is 2. The highest BCUT2D eigenvalue weighted by atomic mass is 32.1. The van der Waals surface area contributed by atoms with Gasteiger partial charge in [0.1, 0.15) is 0 Å². The Bertz CT molecular complexity index is 1260. The third kappa shape index (κ3) is 4.39. The molecule has 0 N–H and O–H groups in total. The van der Waals surface area contributed by atoms with E-state index < -0.39 is 10.8 Å². The molecule has 2 aromatic carbocycles. The van der Waals surface area contributed by atoms with Crippen molar-refractivity contribution < 1.29 is 19.2 Å². The lowest BCUT2D eigenvalue weighted by molar-refractivity contribution is -0.384. The molecule has 0 radical (unpaired) electrons. The summed E-state index contributed by atoms with van der Waals surface area (Å²) < 4.78 is 13.2. The summed E-state index contributed by atoms with van der Waals surface area (Å²) in [6, 6.07) is 9.55. The molecule has 0 unspecified atom stereocenters. The number of hydrogen-bond acceptors (Lipinski definition) is 6. The van der Waals surface area contributed by atoms with Crippen molar-refractivity contribution in [3.63, 3.8) is 0 Å². The SMILES string of the molecule is C#CCn1c(=NC(=O)/C=C/c2cccc([N+](=O)[O-])c2)sc2cc(OC)c(OC)cc21. The molecule has 0 saturated carbocycles. The fourth-order valence-corrected chi connectivity index (χ4v) is 3.81. The van der Waals surface area contributed by atoms with Crippen LogP contribution in [0.5, 0.6) is 11.5 Å². The Balaban J connectivity index is 2.01. The van der Waals surface area contributed by atoms with E-state index in [4.69, 9.17) is 15.9 Å². The average molecular weight is 423 g/mol. The van der Waals surface area contributed by atoms with E-state index in [9.17, 15) is 14.9 Å². The van der Waals surface area contributed by atoms with Crippen molar-refractivity contribution in [3.8, 4) is 23.8 Å². The molecule has 1 amide bonds. The number of fused-ring (bicyclic) bond motifs is 1. The lowest BCUT2D eigenvalue weighted by Crippen LogP contribution is -2.15. The Morgan fingerprint density at radius 2 is 2.03 bits per heavy atom. The fraction of sp³-hybridized carbons (Fsp3) is 0.143. The van der Waals surface area contributed by atoms with Crippen molar-refractivity contribution in [1.82, 2.24) is 4.57 Å². The number of nitro groups is 1. The number of thiazole rings is 1. The van der Waals surface area contributed by atoms with Gasteiger partial charge in [0, 0.05) is 30.3 Å². The molecule has 30 heavy (non-hydrogen) atoms. The number of carbonyl (C=O) groups excluding carboxylic acids is 1. The van der Waals surface area contributed by atoms with Crippen LogP contribution in [0.4, 0.5) is 5.69 Å². The molecule has 0 aliphatic carbocycles. The zero-order chi connectivity index (χ0) is 21.7. The zero-order valence-electron chi connectivity index (χ0n) is 16.2. The second-order valence-electron chi connectivity index (χ2n) is 5.99. The smallest absolute Gasteiger partial charge is 0.272 e. The van der Waals surface area contributed by atoms with E-state index in [1.54, 1.807) is 35.9 Å². The summed E-state index contributed by atoms with van der Waals surface area (Å²) in [5.41, 5.74) is 1.24. The fourth-order valence-electron chi connectivity index (χ4n) is 2.77. The Kier molecular flexibility index (Phi) is 6.29. The van der Waals surface area contributed by atoms with Crippen LogP contribution in [0.15, 0.2) is 47.5 Å². The first-order chi connectivity index (χ1) is 14.5. The van der Waals surface area contributed by atoms with Gasteiger partial charge in [0.25, 0.3) is 11.6 Å². The summed E-state index contributed by atoms with van der Waals surface area (Å²) in [4.78, 5) is 27.3. The number of non-ortho nitro benzene ring substituents is 1. The molecular weight excluding hydrogens is 406 g/mol. The standard InChI is InChI=1S/C21H17N3O5S/c1-4-10-23-16-12-17(28-2)18(29-3)13-19(16)30-21(23)22-20(25)9-8-14-6-5-7-15(11-14)24(26)27/h1,5-9,11-13H,10H2,2-3H3/b9-8+,22-21?. The molecule has 8 nitrogen and oxygen atoms in total. The summed E-state index contributed by atoms with van der Waals surface area (Å²) in [7, 11) is 3.08. The van der Waals surface area contributed by atoms with Crippen LogP contribution in [0.25, 0.3) is 16.3 Å². The van der Waals surface area contributed by atoms with Crippen molar-refractivity contribution in [3.05, 3.63) is 63.0 Å². The van der Waals surface area contributed by atoms with Crippen molar-refractivity contribution in [2.24, 2.45) is 4.99 Å². The van der Waals surface area contributed by atoms with Crippen LogP contribution in [0, 0.1) is 22.5 Å². The first-order valence-corrected chi connectivity index (χ1v) is 9.48. The monoisotopic (exact) mass is 423 g/mol. The number of nitro benzene ring substituents is 1. The number of benzene rings is 2. The summed E-state index contributed by atoms with van der Waals surface area (Å²) in [6.07, 6.45) is 8.22. The number of carbonyl (C=O) groups is 1. The number of terminal acetylenes is 1. The molecule has 1 heterocycles. The topological polar surface area (TPSA) is 96.0 Å². The first kappa shape index (κ1) is 20.8. The number of hydrogen-bond donors (Lipinski definition) is 0. The normalized spacial score (nSPS) is 11.6. The van der Waals surface area contributed by atoms with Crippen molar-refractivity contribution in [2.45, 2.75) is 6.54 Å². The average Bonchev–Trinajstić information content (AvgIpc) is 3.07. The van der Waals surface area contributed by atoms with Gasteiger partial charge >= 0.3 is 0 Å². The molecule has 3 aromatic rings. The minimum Gasteiger partial charge on any atom is -0.493 e. The molecule has 152 valence electrons. The van der Waals surface area contributed by atoms with E-state index in [2.05, 4.69) is 10.9 Å². The van der Waals surface area contributed by atoms with Crippen LogP contribution < -0.4 is 14.3 Å². The van der Waals surface area contributed by atoms with Gasteiger partial charge in [-0.15, -0.1) is 6.42 Å². The van der Waals surface area contributed by atoms with E-state index in [0.717, 1.165) is 10.2 Å². The van der Waals surface area contributed by atoms with Gasteiger partial charge in [-0.05, 0) is 11.6 Å². The summed E-state index contributed by atoms with van der Waals surface area (Å²) in [5.74, 6) is 3.14. The van der Waals surface area contributed by atoms with Gasteiger partial charge in [-0.25, -0.2) is 0 Å². The van der Waals surface area contributed by atoms with Gasteiger partial charge in [0.2, 0.25) is 0 Å². The Morgan fingerprint density at radius 3 is 2.70 bits per heavy atom. The maximum atomic E-state index is 12.4. The molecule has 0 aliphatic heterocycles. The van der Waals surface area contributed by atoms with Crippen molar-refractivity contribution in [2.75, 3.05) is 14.2 Å². The van der Waals surface area contributed by atoms with Gasteiger partial charge in [-0.2, -0.15) is 4.99 Å². The zero-order valence-corrected chi connectivity index (χ0v) is 17.0. The molecule has 0 bridgehead atoms. The Hall–Kier alpha value is -3.90. The van der Waals surface area contributed by atoms with E-state index >= 15 is 0 Å². The third-order valence-electron chi connectivity index (χ3n) is 4.14. The van der Waals surface area contributed by atoms with Crippen LogP contribution in [0.3, 0.4) is 0 Å². The highest BCUT2D eigenvalue weighted by Gasteiger charge is 2.12. The Labute approximate surface area is 175 Å². The van der Waals surface area contributed by atoms with Crippen LogP contribution in [-0.2, 0) is 11.3 Å². The van der Waals surface area contributed by atoms with Gasteiger partial charge in [0.15, 0.2) is 16.3 Å². The summed E-state index contributed by atoms with van der Waals surface area (Å²) in [5, 5.41) is 10.9. The first-order valence-electron chi connectivity index (χ1n) is 8.67. The molecule has 0 aliphatic rings. The van der Waals surface area contributed by atoms with Crippen LogP contribution in [0.1, 0.15) is 5.56 Å². The lowest BCUT2D eigenvalue weighted by atomic mass is 10.2. The summed E-state index contributed by atoms with van der Waals surface area (Å²) in [6.45, 7) is 0.218. The highest BCUT2D eigenvalue weighted by molar-refractivity contribution is 7.16. The van der Waals surface area contributed by atoms with Crippen molar-refractivity contribution in [1.29, 1.82) is 0 Å². The minimum atomic E-state index is -0.516. The number of amides is 1. The predicted octanol–water partition coefficient (Wildman–Crippen LogP) is 3.40. The van der Waals surface area contributed by atoms with Gasteiger partial charge in [-0.3, -0.25) is 14.9 Å². The largest absolute Gasteiger partial charge is 0.493 e. The van der Waals surface area contributed by atoms with E-state index in [0.29, 0.717) is 21.9 Å².